The summed E-state index contributed by atoms with van der Waals surface area (Å²) >= 11 is 3.37. The van der Waals surface area contributed by atoms with Gasteiger partial charge >= 0.3 is 5.97 Å². The number of rotatable bonds is 2. The molecule has 0 fully saturated rings. The van der Waals surface area contributed by atoms with Crippen LogP contribution in [-0.4, -0.2) is 11.0 Å². The van der Waals surface area contributed by atoms with Gasteiger partial charge in [-0.3, -0.25) is 0 Å². The van der Waals surface area contributed by atoms with Crippen LogP contribution in [0.2, 0.25) is 0 Å². The second-order valence-electron chi connectivity index (χ2n) is 5.36. The Labute approximate surface area is 147 Å². The molecule has 0 amide bonds. The van der Waals surface area contributed by atoms with Crippen LogP contribution in [0.15, 0.2) is 77.3 Å². The number of pyridine rings is 1. The molecule has 0 radical (unpaired) electrons. The molecule has 1 aromatic heterocycles. The second kappa shape index (κ2) is 6.06. The van der Waals surface area contributed by atoms with Crippen LogP contribution >= 0.6 is 15.9 Å². The van der Waals surface area contributed by atoms with Crippen molar-refractivity contribution >= 4 is 43.7 Å². The highest BCUT2D eigenvalue weighted by Crippen LogP contribution is 2.27. The molecule has 0 unspecified atom stereocenters. The molecule has 0 bridgehead atoms. The van der Waals surface area contributed by atoms with E-state index < -0.39 is 0 Å². The fourth-order valence-corrected chi connectivity index (χ4v) is 2.98. The molecular formula is C20H12BrNO2. The van der Waals surface area contributed by atoms with Gasteiger partial charge in [-0.25, -0.2) is 9.78 Å². The van der Waals surface area contributed by atoms with Gasteiger partial charge in [0.05, 0.1) is 16.6 Å². The summed E-state index contributed by atoms with van der Waals surface area (Å²) in [5.41, 5.74) is 2.09. The molecule has 0 aliphatic rings. The quantitative estimate of drug-likeness (QED) is 0.267. The summed E-state index contributed by atoms with van der Waals surface area (Å²) in [5, 5.41) is 1.58. The van der Waals surface area contributed by atoms with Crippen molar-refractivity contribution in [3.05, 3.63) is 82.8 Å². The van der Waals surface area contributed by atoms with Crippen LogP contribution < -0.4 is 4.74 Å². The molecule has 0 aliphatic carbocycles. The highest BCUT2D eigenvalue weighted by Gasteiger charge is 2.17. The Morgan fingerprint density at radius 3 is 1.92 bits per heavy atom. The third kappa shape index (κ3) is 2.65. The normalized spacial score (nSPS) is 10.9. The number of carbonyl (C=O) groups excluding carboxylic acids is 1. The number of hydrogen-bond donors (Lipinski definition) is 0. The maximum atomic E-state index is 12.9. The van der Waals surface area contributed by atoms with Crippen molar-refractivity contribution in [3.63, 3.8) is 0 Å². The summed E-state index contributed by atoms with van der Waals surface area (Å²) < 4.78 is 6.52. The van der Waals surface area contributed by atoms with Crippen molar-refractivity contribution in [2.24, 2.45) is 0 Å². The van der Waals surface area contributed by atoms with E-state index in [1.807, 2.05) is 60.7 Å². The van der Waals surface area contributed by atoms with Crippen LogP contribution in [0.25, 0.3) is 21.8 Å². The predicted molar refractivity (Wildman–Crippen MR) is 98.3 cm³/mol. The van der Waals surface area contributed by atoms with Crippen molar-refractivity contribution < 1.29 is 9.53 Å². The van der Waals surface area contributed by atoms with E-state index in [4.69, 9.17) is 4.74 Å². The highest BCUT2D eigenvalue weighted by atomic mass is 79.9. The van der Waals surface area contributed by atoms with Crippen LogP contribution in [0.1, 0.15) is 10.4 Å². The van der Waals surface area contributed by atoms with Gasteiger partial charge in [0.2, 0.25) is 0 Å². The van der Waals surface area contributed by atoms with Gasteiger partial charge in [0, 0.05) is 15.2 Å². The Balaban J connectivity index is 1.89. The largest absolute Gasteiger partial charge is 0.423 e. The highest BCUT2D eigenvalue weighted by molar-refractivity contribution is 9.10. The number of para-hydroxylation sites is 2. The molecule has 0 atom stereocenters. The fourth-order valence-electron chi connectivity index (χ4n) is 2.72. The number of nitrogens with zero attached hydrogens (tertiary/aromatic N) is 1. The van der Waals surface area contributed by atoms with E-state index in [2.05, 4.69) is 20.9 Å². The van der Waals surface area contributed by atoms with Crippen LogP contribution in [0.5, 0.6) is 5.75 Å². The average molecular weight is 378 g/mol. The van der Waals surface area contributed by atoms with Gasteiger partial charge in [-0.1, -0.05) is 52.3 Å². The number of halogens is 1. The van der Waals surface area contributed by atoms with Crippen molar-refractivity contribution in [3.8, 4) is 5.75 Å². The number of aromatic nitrogens is 1. The van der Waals surface area contributed by atoms with Crippen LogP contribution in [0, 0.1) is 0 Å². The Bertz CT molecular complexity index is 1000. The average Bonchev–Trinajstić information content (AvgIpc) is 2.61. The van der Waals surface area contributed by atoms with E-state index in [1.54, 1.807) is 12.1 Å². The Kier molecular flexibility index (Phi) is 3.75. The molecule has 3 nitrogen and oxygen atoms in total. The van der Waals surface area contributed by atoms with Gasteiger partial charge in [0.15, 0.2) is 0 Å². The molecular weight excluding hydrogens is 366 g/mol. The van der Waals surface area contributed by atoms with Gasteiger partial charge in [0.1, 0.15) is 5.75 Å². The predicted octanol–water partition coefficient (Wildman–Crippen LogP) is 5.37. The SMILES string of the molecule is O=C(Oc1ccc(Br)cc1)c1c2ccccc2nc2ccccc12. The number of carbonyl (C=O) groups is 1. The number of esters is 1. The van der Waals surface area contributed by atoms with Gasteiger partial charge < -0.3 is 4.74 Å². The third-order valence-corrected chi connectivity index (χ3v) is 4.34. The maximum absolute atomic E-state index is 12.9. The Hall–Kier alpha value is -2.72. The van der Waals surface area contributed by atoms with Crippen LogP contribution in [0.3, 0.4) is 0 Å². The van der Waals surface area contributed by atoms with E-state index in [0.717, 1.165) is 26.3 Å². The topological polar surface area (TPSA) is 39.2 Å². The van der Waals surface area contributed by atoms with Gasteiger partial charge in [-0.05, 0) is 36.4 Å². The monoisotopic (exact) mass is 377 g/mol. The lowest BCUT2D eigenvalue weighted by Gasteiger charge is -2.10. The first-order chi connectivity index (χ1) is 11.7. The molecule has 4 rings (SSSR count). The summed E-state index contributed by atoms with van der Waals surface area (Å²) in [6, 6.07) is 22.4. The lowest BCUT2D eigenvalue weighted by atomic mass is 10.0. The molecule has 116 valence electrons. The van der Waals surface area contributed by atoms with Gasteiger partial charge in [-0.2, -0.15) is 0 Å². The molecule has 0 N–H and O–H groups in total. The minimum Gasteiger partial charge on any atom is -0.423 e. The lowest BCUT2D eigenvalue weighted by Crippen LogP contribution is -2.10. The molecule has 24 heavy (non-hydrogen) atoms. The standard InChI is InChI=1S/C20H12BrNO2/c21-13-9-11-14(12-10-13)24-20(23)19-15-5-1-3-7-17(15)22-18-8-4-2-6-16(18)19/h1-12H. The van der Waals surface area contributed by atoms with Crippen molar-refractivity contribution in [2.45, 2.75) is 0 Å². The molecule has 4 aromatic rings. The molecule has 1 heterocycles. The number of benzene rings is 3. The van der Waals surface area contributed by atoms with Gasteiger partial charge in [-0.15, -0.1) is 0 Å². The molecule has 4 heteroatoms. The molecule has 0 saturated heterocycles. The summed E-state index contributed by atoms with van der Waals surface area (Å²) in [5.74, 6) is 0.125. The Morgan fingerprint density at radius 1 is 0.792 bits per heavy atom. The van der Waals surface area contributed by atoms with E-state index >= 15 is 0 Å². The minimum atomic E-state index is -0.382. The van der Waals surface area contributed by atoms with E-state index in [9.17, 15) is 4.79 Å². The van der Waals surface area contributed by atoms with Crippen molar-refractivity contribution in [1.82, 2.24) is 4.98 Å². The van der Waals surface area contributed by atoms with Crippen LogP contribution in [-0.2, 0) is 0 Å². The summed E-state index contributed by atoms with van der Waals surface area (Å²) in [6.45, 7) is 0. The summed E-state index contributed by atoms with van der Waals surface area (Å²) in [6.07, 6.45) is 0. The third-order valence-electron chi connectivity index (χ3n) is 3.82. The van der Waals surface area contributed by atoms with E-state index in [0.29, 0.717) is 11.3 Å². The van der Waals surface area contributed by atoms with Gasteiger partial charge in [0.25, 0.3) is 0 Å². The van der Waals surface area contributed by atoms with E-state index in [1.165, 1.54) is 0 Å². The second-order valence-corrected chi connectivity index (χ2v) is 6.28. The first-order valence-corrected chi connectivity index (χ1v) is 8.27. The zero-order valence-corrected chi connectivity index (χ0v) is 14.2. The first-order valence-electron chi connectivity index (χ1n) is 7.47. The minimum absolute atomic E-state index is 0.382. The fraction of sp³-hybridized carbons (Fsp3) is 0. The molecule has 0 saturated carbocycles. The molecule has 3 aromatic carbocycles. The summed E-state index contributed by atoms with van der Waals surface area (Å²) in [4.78, 5) is 17.5. The smallest absolute Gasteiger partial charge is 0.344 e. The Morgan fingerprint density at radius 2 is 1.33 bits per heavy atom. The zero-order chi connectivity index (χ0) is 16.5. The number of ether oxygens (including phenoxy) is 1. The number of fused-ring (bicyclic) bond motifs is 2. The first kappa shape index (κ1) is 14.8. The van der Waals surface area contributed by atoms with E-state index in [-0.39, 0.29) is 5.97 Å². The maximum Gasteiger partial charge on any atom is 0.344 e. The zero-order valence-electron chi connectivity index (χ0n) is 12.6. The van der Waals surface area contributed by atoms with Crippen molar-refractivity contribution in [1.29, 1.82) is 0 Å². The lowest BCUT2D eigenvalue weighted by molar-refractivity contribution is 0.0739. The van der Waals surface area contributed by atoms with Crippen LogP contribution in [0.4, 0.5) is 0 Å². The van der Waals surface area contributed by atoms with Crippen molar-refractivity contribution in [2.75, 3.05) is 0 Å². The summed E-state index contributed by atoms with van der Waals surface area (Å²) in [7, 11) is 0. The molecule has 0 aliphatic heterocycles. The number of hydrogen-bond acceptors (Lipinski definition) is 3. The molecule has 0 spiro atoms.